The molecule has 2 atom stereocenters. The summed E-state index contributed by atoms with van der Waals surface area (Å²) in [7, 11) is 0. The van der Waals surface area contributed by atoms with Crippen LogP contribution in [0, 0.1) is 5.92 Å². The third kappa shape index (κ3) is 2.62. The molecule has 0 bridgehead atoms. The van der Waals surface area contributed by atoms with Gasteiger partial charge in [-0.25, -0.2) is 0 Å². The summed E-state index contributed by atoms with van der Waals surface area (Å²) in [5.41, 5.74) is -0.186. The van der Waals surface area contributed by atoms with Crippen LogP contribution in [0.3, 0.4) is 0 Å². The molecular formula is C18H32N2O. The Morgan fingerprint density at radius 2 is 1.86 bits per heavy atom. The Morgan fingerprint density at radius 3 is 2.43 bits per heavy atom. The van der Waals surface area contributed by atoms with Gasteiger partial charge in [-0.1, -0.05) is 46.0 Å². The molecule has 2 saturated carbocycles. The lowest BCUT2D eigenvalue weighted by Crippen LogP contribution is -2.48. The SMILES string of the molecule is CCCC(CC)N1C(=O)C2(CCCC2)NC1C1CCCC1. The van der Waals surface area contributed by atoms with E-state index in [0.717, 1.165) is 25.7 Å². The molecule has 2 unspecified atom stereocenters. The van der Waals surface area contributed by atoms with E-state index in [0.29, 0.717) is 24.0 Å². The van der Waals surface area contributed by atoms with Gasteiger partial charge in [0.15, 0.2) is 0 Å². The normalized spacial score (nSPS) is 30.7. The summed E-state index contributed by atoms with van der Waals surface area (Å²) in [4.78, 5) is 15.5. The van der Waals surface area contributed by atoms with E-state index in [4.69, 9.17) is 0 Å². The number of hydrogen-bond donors (Lipinski definition) is 1. The van der Waals surface area contributed by atoms with Crippen LogP contribution in [0.25, 0.3) is 0 Å². The van der Waals surface area contributed by atoms with Crippen molar-refractivity contribution in [3.63, 3.8) is 0 Å². The van der Waals surface area contributed by atoms with Gasteiger partial charge in [-0.3, -0.25) is 10.1 Å². The van der Waals surface area contributed by atoms with Crippen molar-refractivity contribution >= 4 is 5.91 Å². The quantitative estimate of drug-likeness (QED) is 0.835. The van der Waals surface area contributed by atoms with Crippen LogP contribution < -0.4 is 5.32 Å². The first kappa shape index (κ1) is 15.3. The molecule has 1 spiro atoms. The summed E-state index contributed by atoms with van der Waals surface area (Å²) in [5, 5.41) is 3.86. The van der Waals surface area contributed by atoms with Crippen molar-refractivity contribution in [3.8, 4) is 0 Å². The van der Waals surface area contributed by atoms with E-state index in [1.807, 2.05) is 0 Å². The Hall–Kier alpha value is -0.570. The Morgan fingerprint density at radius 1 is 1.19 bits per heavy atom. The first-order valence-electron chi connectivity index (χ1n) is 9.32. The Labute approximate surface area is 129 Å². The van der Waals surface area contributed by atoms with Crippen molar-refractivity contribution in [2.24, 2.45) is 5.92 Å². The zero-order chi connectivity index (χ0) is 14.9. The zero-order valence-corrected chi connectivity index (χ0v) is 13.9. The molecule has 2 aliphatic carbocycles. The van der Waals surface area contributed by atoms with Gasteiger partial charge < -0.3 is 4.90 Å². The molecule has 21 heavy (non-hydrogen) atoms. The van der Waals surface area contributed by atoms with Gasteiger partial charge in [-0.05, 0) is 44.4 Å². The van der Waals surface area contributed by atoms with Gasteiger partial charge in [-0.2, -0.15) is 0 Å². The van der Waals surface area contributed by atoms with Crippen LogP contribution in [0.2, 0.25) is 0 Å². The fourth-order valence-corrected chi connectivity index (χ4v) is 5.01. The van der Waals surface area contributed by atoms with Gasteiger partial charge in [0.25, 0.3) is 0 Å². The summed E-state index contributed by atoms with van der Waals surface area (Å²) < 4.78 is 0. The minimum atomic E-state index is -0.186. The number of carbonyl (C=O) groups excluding carboxylic acids is 1. The maximum absolute atomic E-state index is 13.2. The molecular weight excluding hydrogens is 260 g/mol. The molecule has 1 N–H and O–H groups in total. The average Bonchev–Trinajstić information content (AvgIpc) is 3.21. The van der Waals surface area contributed by atoms with Crippen LogP contribution in [-0.2, 0) is 4.79 Å². The summed E-state index contributed by atoms with van der Waals surface area (Å²) in [5.74, 6) is 1.14. The highest BCUT2D eigenvalue weighted by atomic mass is 16.2. The van der Waals surface area contributed by atoms with E-state index in [2.05, 4.69) is 24.1 Å². The first-order valence-corrected chi connectivity index (χ1v) is 9.32. The third-order valence-electron chi connectivity index (χ3n) is 6.16. The molecule has 3 nitrogen and oxygen atoms in total. The highest BCUT2D eigenvalue weighted by molar-refractivity contribution is 5.89. The molecule has 1 saturated heterocycles. The van der Waals surface area contributed by atoms with Gasteiger partial charge in [-0.15, -0.1) is 0 Å². The molecule has 0 aromatic carbocycles. The predicted molar refractivity (Wildman–Crippen MR) is 85.9 cm³/mol. The average molecular weight is 292 g/mol. The van der Waals surface area contributed by atoms with Gasteiger partial charge >= 0.3 is 0 Å². The number of nitrogens with zero attached hydrogens (tertiary/aromatic N) is 1. The van der Waals surface area contributed by atoms with E-state index in [-0.39, 0.29) is 5.54 Å². The fraction of sp³-hybridized carbons (Fsp3) is 0.944. The van der Waals surface area contributed by atoms with E-state index in [9.17, 15) is 4.79 Å². The number of amides is 1. The molecule has 0 radical (unpaired) electrons. The van der Waals surface area contributed by atoms with Crippen molar-refractivity contribution in [2.75, 3.05) is 0 Å². The number of nitrogens with one attached hydrogen (secondary N) is 1. The largest absolute Gasteiger partial charge is 0.322 e. The fourth-order valence-electron chi connectivity index (χ4n) is 5.01. The van der Waals surface area contributed by atoms with E-state index >= 15 is 0 Å². The molecule has 1 aliphatic heterocycles. The maximum Gasteiger partial charge on any atom is 0.244 e. The molecule has 0 aromatic rings. The highest BCUT2D eigenvalue weighted by Gasteiger charge is 2.55. The Balaban J connectivity index is 1.85. The molecule has 3 heteroatoms. The second-order valence-corrected chi connectivity index (χ2v) is 7.49. The summed E-state index contributed by atoms with van der Waals surface area (Å²) in [6.45, 7) is 4.49. The lowest BCUT2D eigenvalue weighted by atomic mass is 9.97. The Kier molecular flexibility index (Phi) is 4.58. The molecule has 3 aliphatic rings. The minimum absolute atomic E-state index is 0.186. The lowest BCUT2D eigenvalue weighted by Gasteiger charge is -2.35. The molecule has 3 rings (SSSR count). The van der Waals surface area contributed by atoms with Crippen molar-refractivity contribution in [2.45, 2.75) is 102 Å². The van der Waals surface area contributed by atoms with Crippen molar-refractivity contribution in [3.05, 3.63) is 0 Å². The van der Waals surface area contributed by atoms with Crippen LogP contribution in [-0.4, -0.2) is 28.6 Å². The van der Waals surface area contributed by atoms with Gasteiger partial charge in [0.05, 0.1) is 11.7 Å². The molecule has 0 aromatic heterocycles. The molecule has 3 fully saturated rings. The zero-order valence-electron chi connectivity index (χ0n) is 13.9. The van der Waals surface area contributed by atoms with Crippen molar-refractivity contribution < 1.29 is 4.79 Å². The van der Waals surface area contributed by atoms with Crippen LogP contribution in [0.1, 0.15) is 84.5 Å². The smallest absolute Gasteiger partial charge is 0.244 e. The van der Waals surface area contributed by atoms with Crippen LogP contribution in [0.4, 0.5) is 0 Å². The van der Waals surface area contributed by atoms with Gasteiger partial charge in [0.1, 0.15) is 0 Å². The summed E-state index contributed by atoms with van der Waals surface area (Å²) in [6, 6.07) is 0.445. The molecule has 120 valence electrons. The van der Waals surface area contributed by atoms with Crippen LogP contribution in [0.15, 0.2) is 0 Å². The van der Waals surface area contributed by atoms with Crippen molar-refractivity contribution in [1.29, 1.82) is 0 Å². The Bertz CT molecular complexity index is 369. The van der Waals surface area contributed by atoms with Crippen LogP contribution in [0.5, 0.6) is 0 Å². The van der Waals surface area contributed by atoms with Gasteiger partial charge in [0, 0.05) is 6.04 Å². The number of rotatable bonds is 5. The first-order chi connectivity index (χ1) is 10.2. The van der Waals surface area contributed by atoms with E-state index in [1.54, 1.807) is 0 Å². The minimum Gasteiger partial charge on any atom is -0.322 e. The van der Waals surface area contributed by atoms with Gasteiger partial charge in [0.2, 0.25) is 5.91 Å². The maximum atomic E-state index is 13.2. The summed E-state index contributed by atoms with van der Waals surface area (Å²) in [6.07, 6.45) is 13.6. The van der Waals surface area contributed by atoms with Crippen LogP contribution >= 0.6 is 0 Å². The topological polar surface area (TPSA) is 32.3 Å². The van der Waals surface area contributed by atoms with Crippen molar-refractivity contribution in [1.82, 2.24) is 10.2 Å². The second-order valence-electron chi connectivity index (χ2n) is 7.49. The predicted octanol–water partition coefficient (Wildman–Crippen LogP) is 3.83. The monoisotopic (exact) mass is 292 g/mol. The highest BCUT2D eigenvalue weighted by Crippen LogP contribution is 2.42. The molecule has 1 heterocycles. The summed E-state index contributed by atoms with van der Waals surface area (Å²) >= 11 is 0. The van der Waals surface area contributed by atoms with E-state index < -0.39 is 0 Å². The number of hydrogen-bond acceptors (Lipinski definition) is 2. The molecule has 1 amide bonds. The lowest BCUT2D eigenvalue weighted by molar-refractivity contribution is -0.136. The van der Waals surface area contributed by atoms with E-state index in [1.165, 1.54) is 44.9 Å². The standard InChI is InChI=1S/C18H32N2O/c1-3-9-15(4-2)20-16(14-10-5-6-11-14)19-18(17(20)21)12-7-8-13-18/h14-16,19H,3-13H2,1-2H3. The second kappa shape index (κ2) is 6.28. The number of carbonyl (C=O) groups is 1. The third-order valence-corrected chi connectivity index (χ3v) is 6.16.